The van der Waals surface area contributed by atoms with Crippen molar-refractivity contribution in [2.75, 3.05) is 29.9 Å². The number of carbonyl (C=O) groups is 2. The van der Waals surface area contributed by atoms with Crippen molar-refractivity contribution in [3.05, 3.63) is 94.4 Å². The molecule has 3 aromatic rings. The first-order valence-corrected chi connectivity index (χ1v) is 23.9. The highest BCUT2D eigenvalue weighted by Gasteiger charge is 2.45. The fraction of sp³-hybridized carbons (Fsp3) is 0.455. The second-order valence-electron chi connectivity index (χ2n) is 17.4. The molecule has 4 aliphatic heterocycles. The first-order chi connectivity index (χ1) is 28.7. The summed E-state index contributed by atoms with van der Waals surface area (Å²) in [6.45, 7) is 10.9. The summed E-state index contributed by atoms with van der Waals surface area (Å²) in [5.41, 5.74) is 5.05. The van der Waals surface area contributed by atoms with Crippen molar-refractivity contribution in [1.82, 2.24) is 15.6 Å². The molecule has 2 aromatic carbocycles. The first kappa shape index (κ1) is 44.6. The second-order valence-corrected chi connectivity index (χ2v) is 20.5. The van der Waals surface area contributed by atoms with E-state index in [1.54, 1.807) is 18.3 Å². The maximum atomic E-state index is 12.8. The normalized spacial score (nSPS) is 22.0. The summed E-state index contributed by atoms with van der Waals surface area (Å²) < 4.78 is 72.0. The van der Waals surface area contributed by atoms with Gasteiger partial charge in [-0.1, -0.05) is 31.5 Å². The first-order valence-electron chi connectivity index (χ1n) is 20.7. The Morgan fingerprint density at radius 2 is 1.74 bits per heavy atom. The number of unbranched alkanes of at least 4 members (excludes halogenated alkanes) is 2. The topological polar surface area (TPSA) is 201 Å². The number of nitrogens with one attached hydrogen (secondary N) is 3. The average Bonchev–Trinajstić information content (AvgIpc) is 3.93. The molecule has 0 saturated carbocycles. The second kappa shape index (κ2) is 17.0. The SMILES string of the molecule is CCN1/C(=C/C=C/C2=[N+](CCCCCC(=O)NCC(=O)Nc3cc([C@H]4C[C@@H]5CC[C@H]4N5)cnc3Cl)c3ccc(S(=O)(=O)O)cc3C2(C)C)C(C)(C)c2cc(S(=O)(=O)[O-])ccc21. The molecule has 17 heteroatoms. The molecule has 0 aliphatic carbocycles. The van der Waals surface area contributed by atoms with Crippen LogP contribution in [0.25, 0.3) is 0 Å². The minimum absolute atomic E-state index is 0.194. The Balaban J connectivity index is 1.00. The molecule has 0 unspecified atom stereocenters. The molecule has 1 aromatic heterocycles. The number of benzene rings is 2. The number of allylic oxidation sites excluding steroid dienone is 4. The fourth-order valence-corrected chi connectivity index (χ4v) is 10.7. The number of aromatic nitrogens is 1. The summed E-state index contributed by atoms with van der Waals surface area (Å²) in [4.78, 5) is 31.5. The van der Waals surface area contributed by atoms with Gasteiger partial charge in [-0.3, -0.25) is 14.1 Å². The Labute approximate surface area is 363 Å². The number of hydrogen-bond donors (Lipinski definition) is 4. The van der Waals surface area contributed by atoms with Crippen LogP contribution in [0, 0.1) is 0 Å². The molecular formula is C44H53ClN6O8S2. The highest BCUT2D eigenvalue weighted by atomic mass is 35.5. The molecule has 2 fully saturated rings. The van der Waals surface area contributed by atoms with E-state index in [0.29, 0.717) is 56.0 Å². The Bertz CT molecular complexity index is 2590. The summed E-state index contributed by atoms with van der Waals surface area (Å²) >= 11 is 6.32. The molecule has 326 valence electrons. The number of carbonyl (C=O) groups excluding carboxylic acids is 2. The Morgan fingerprint density at radius 3 is 2.41 bits per heavy atom. The van der Waals surface area contributed by atoms with Gasteiger partial charge in [0.1, 0.15) is 16.7 Å². The number of likely N-dealkylation sites (N-methyl/N-ethyl adjacent to an activating group) is 1. The summed E-state index contributed by atoms with van der Waals surface area (Å²) in [5.74, 6) is -0.318. The molecule has 5 heterocycles. The molecular weight excluding hydrogens is 840 g/mol. The lowest BCUT2D eigenvalue weighted by Gasteiger charge is -2.25. The maximum Gasteiger partial charge on any atom is 0.294 e. The van der Waals surface area contributed by atoms with Crippen LogP contribution in [-0.4, -0.2) is 84.7 Å². The number of hydrogen-bond acceptors (Lipinski definition) is 10. The molecule has 3 atom stereocenters. The molecule has 7 rings (SSSR count). The Hall–Kier alpha value is -4.45. The lowest BCUT2D eigenvalue weighted by molar-refractivity contribution is -0.438. The van der Waals surface area contributed by atoms with Gasteiger partial charge in [0.2, 0.25) is 17.5 Å². The van der Waals surface area contributed by atoms with Gasteiger partial charge >= 0.3 is 0 Å². The number of pyridine rings is 1. The summed E-state index contributed by atoms with van der Waals surface area (Å²) in [6, 6.07) is 11.9. The minimum Gasteiger partial charge on any atom is -0.744 e. The van der Waals surface area contributed by atoms with Crippen LogP contribution in [0.15, 0.2) is 82.4 Å². The zero-order chi connectivity index (χ0) is 44.1. The summed E-state index contributed by atoms with van der Waals surface area (Å²) in [6.07, 6.45) is 13.2. The van der Waals surface area contributed by atoms with Crippen molar-refractivity contribution in [2.45, 2.75) is 118 Å². The van der Waals surface area contributed by atoms with Crippen molar-refractivity contribution >= 4 is 66.4 Å². The lowest BCUT2D eigenvalue weighted by atomic mass is 9.81. The number of rotatable bonds is 15. The van der Waals surface area contributed by atoms with Gasteiger partial charge in [0.25, 0.3) is 10.1 Å². The van der Waals surface area contributed by atoms with Gasteiger partial charge in [0.05, 0.1) is 27.4 Å². The van der Waals surface area contributed by atoms with Crippen molar-refractivity contribution in [3.63, 3.8) is 0 Å². The lowest BCUT2D eigenvalue weighted by Crippen LogP contribution is -2.32. The summed E-state index contributed by atoms with van der Waals surface area (Å²) in [7, 11) is -9.10. The third-order valence-electron chi connectivity index (χ3n) is 12.7. The largest absolute Gasteiger partial charge is 0.744 e. The van der Waals surface area contributed by atoms with E-state index < -0.39 is 37.0 Å². The highest BCUT2D eigenvalue weighted by molar-refractivity contribution is 7.86. The van der Waals surface area contributed by atoms with E-state index in [1.165, 1.54) is 30.7 Å². The van der Waals surface area contributed by atoms with Crippen molar-refractivity contribution in [3.8, 4) is 0 Å². The zero-order valence-electron chi connectivity index (χ0n) is 35.0. The van der Waals surface area contributed by atoms with Crippen LogP contribution in [0.1, 0.15) is 102 Å². The van der Waals surface area contributed by atoms with Gasteiger partial charge in [-0.15, -0.1) is 0 Å². The molecule has 0 radical (unpaired) electrons. The molecule has 4 aliphatic rings. The predicted molar refractivity (Wildman–Crippen MR) is 233 cm³/mol. The number of fused-ring (bicyclic) bond motifs is 4. The van der Waals surface area contributed by atoms with Gasteiger partial charge in [0, 0.05) is 78.1 Å². The van der Waals surface area contributed by atoms with E-state index in [0.717, 1.165) is 52.3 Å². The monoisotopic (exact) mass is 892 g/mol. The third-order valence-corrected chi connectivity index (χ3v) is 14.7. The van der Waals surface area contributed by atoms with Crippen LogP contribution in [-0.2, 0) is 40.7 Å². The van der Waals surface area contributed by atoms with Crippen LogP contribution < -0.4 is 20.9 Å². The van der Waals surface area contributed by atoms with Crippen LogP contribution >= 0.6 is 11.6 Å². The molecule has 61 heavy (non-hydrogen) atoms. The average molecular weight is 894 g/mol. The maximum absolute atomic E-state index is 12.8. The van der Waals surface area contributed by atoms with Gasteiger partial charge in [-0.2, -0.15) is 13.0 Å². The quantitative estimate of drug-likeness (QED) is 0.0566. The number of halogens is 1. The molecule has 0 spiro atoms. The van der Waals surface area contributed by atoms with E-state index in [9.17, 15) is 35.5 Å². The predicted octanol–water partition coefficient (Wildman–Crippen LogP) is 6.44. The van der Waals surface area contributed by atoms with E-state index in [-0.39, 0.29) is 33.8 Å². The van der Waals surface area contributed by atoms with E-state index >= 15 is 0 Å². The van der Waals surface area contributed by atoms with Crippen molar-refractivity contribution < 1.29 is 40.1 Å². The van der Waals surface area contributed by atoms with Crippen LogP contribution in [0.5, 0.6) is 0 Å². The smallest absolute Gasteiger partial charge is 0.294 e. The van der Waals surface area contributed by atoms with Gasteiger partial charge in [-0.05, 0) is 106 Å². The zero-order valence-corrected chi connectivity index (χ0v) is 37.4. The van der Waals surface area contributed by atoms with E-state index in [1.807, 2.05) is 58.9 Å². The minimum atomic E-state index is -4.64. The Morgan fingerprint density at radius 1 is 1.00 bits per heavy atom. The number of amides is 2. The van der Waals surface area contributed by atoms with Gasteiger partial charge in [-0.25, -0.2) is 13.4 Å². The molecule has 4 N–H and O–H groups in total. The van der Waals surface area contributed by atoms with E-state index in [2.05, 4.69) is 30.4 Å². The summed E-state index contributed by atoms with van der Waals surface area (Å²) in [5, 5.41) is 9.31. The van der Waals surface area contributed by atoms with Gasteiger partial charge < -0.3 is 25.4 Å². The van der Waals surface area contributed by atoms with E-state index in [4.69, 9.17) is 11.6 Å². The fourth-order valence-electron chi connectivity index (χ4n) is 9.58. The van der Waals surface area contributed by atoms with Crippen LogP contribution in [0.3, 0.4) is 0 Å². The molecule has 14 nitrogen and oxygen atoms in total. The molecule has 2 amide bonds. The van der Waals surface area contributed by atoms with Gasteiger partial charge in [0.15, 0.2) is 10.9 Å². The highest BCUT2D eigenvalue weighted by Crippen LogP contribution is 2.49. The third kappa shape index (κ3) is 9.07. The Kier molecular flexibility index (Phi) is 12.4. The van der Waals surface area contributed by atoms with Crippen LogP contribution in [0.2, 0.25) is 5.15 Å². The standard InChI is InChI=1S/C44H53ClN6O8S2/c1-6-50-36-18-15-29(60(54,55)56)23-32(36)43(2,3)38(50)11-10-12-39-44(4,5)33-24-30(61(57,58)59)16-19-37(33)51(39)20-9-7-8-13-40(52)46-26-41(53)49-35-21-27(25-47-42(35)45)31-22-28-14-17-34(31)48-28/h10-12,15-16,18-19,21,23-25,28,31,34,48H,6-9,13-14,17,20,22,26H2,1-5H3,(H3-,46,49,52,53,54,55,56,57,58,59)/t28-,31+,34+/m0/s1. The van der Waals surface area contributed by atoms with Crippen LogP contribution in [0.4, 0.5) is 17.1 Å². The van der Waals surface area contributed by atoms with Crippen molar-refractivity contribution in [2.24, 2.45) is 0 Å². The number of anilines is 2. The molecule has 2 saturated heterocycles. The van der Waals surface area contributed by atoms with Crippen molar-refractivity contribution in [1.29, 1.82) is 0 Å². The number of nitrogens with zero attached hydrogens (tertiary/aromatic N) is 3. The molecule has 2 bridgehead atoms.